The van der Waals surface area contributed by atoms with Crippen LogP contribution in [0.2, 0.25) is 0 Å². The van der Waals surface area contributed by atoms with Crippen LogP contribution in [0.3, 0.4) is 0 Å². The number of amides is 1. The molecule has 22 heavy (non-hydrogen) atoms. The third-order valence-corrected chi connectivity index (χ3v) is 3.91. The topological polar surface area (TPSA) is 46.9 Å². The average Bonchev–Trinajstić information content (AvgIpc) is 2.88. The molecule has 1 unspecified atom stereocenters. The molecule has 1 amide bonds. The Labute approximate surface area is 129 Å². The molecule has 0 aliphatic heterocycles. The zero-order valence-electron chi connectivity index (χ0n) is 13.0. The Morgan fingerprint density at radius 3 is 2.59 bits per heavy atom. The molecule has 4 nitrogen and oxygen atoms in total. The lowest BCUT2D eigenvalue weighted by molar-refractivity contribution is -0.119. The van der Waals surface area contributed by atoms with Crippen molar-refractivity contribution in [2.24, 2.45) is 7.05 Å². The molecule has 0 saturated carbocycles. The maximum absolute atomic E-state index is 11.1. The van der Waals surface area contributed by atoms with Gasteiger partial charge >= 0.3 is 0 Å². The van der Waals surface area contributed by atoms with Crippen molar-refractivity contribution in [3.05, 3.63) is 54.4 Å². The normalized spacial score (nSPS) is 12.3. The molecule has 1 N–H and O–H groups in total. The van der Waals surface area contributed by atoms with Crippen molar-refractivity contribution in [1.29, 1.82) is 0 Å². The summed E-state index contributed by atoms with van der Waals surface area (Å²) in [6.45, 7) is 3.52. The number of aryl methyl sites for hydroxylation is 1. The van der Waals surface area contributed by atoms with E-state index in [4.69, 9.17) is 0 Å². The highest BCUT2D eigenvalue weighted by Gasteiger charge is 2.09. The fourth-order valence-corrected chi connectivity index (χ4v) is 2.76. The van der Waals surface area contributed by atoms with Gasteiger partial charge in [0.25, 0.3) is 0 Å². The first-order valence-electron chi connectivity index (χ1n) is 7.34. The number of fused-ring (bicyclic) bond motifs is 1. The summed E-state index contributed by atoms with van der Waals surface area (Å²) in [5.41, 5.74) is 4.40. The molecular weight excluding hydrogens is 274 g/mol. The molecule has 3 aromatic rings. The first-order valence-corrected chi connectivity index (χ1v) is 7.34. The van der Waals surface area contributed by atoms with Gasteiger partial charge in [-0.2, -0.15) is 0 Å². The van der Waals surface area contributed by atoms with Crippen molar-refractivity contribution < 1.29 is 4.79 Å². The highest BCUT2D eigenvalue weighted by Crippen LogP contribution is 2.28. The number of rotatable bonds is 3. The summed E-state index contributed by atoms with van der Waals surface area (Å²) in [6, 6.07) is 12.4. The van der Waals surface area contributed by atoms with E-state index < -0.39 is 0 Å². The molecule has 0 spiro atoms. The van der Waals surface area contributed by atoms with Gasteiger partial charge in [-0.05, 0) is 35.7 Å². The van der Waals surface area contributed by atoms with Crippen LogP contribution in [0.4, 0.5) is 0 Å². The van der Waals surface area contributed by atoms with Gasteiger partial charge in [0.15, 0.2) is 0 Å². The second-order valence-electron chi connectivity index (χ2n) is 5.57. The number of aromatic nitrogens is 2. The molecule has 2 aromatic heterocycles. The molecular formula is C18H19N3O. The fourth-order valence-electron chi connectivity index (χ4n) is 2.76. The fraction of sp³-hybridized carbons (Fsp3) is 0.222. The Hall–Kier alpha value is -2.62. The summed E-state index contributed by atoms with van der Waals surface area (Å²) in [5.74, 6) is -0.0169. The number of pyridine rings is 1. The number of benzene rings is 1. The zero-order valence-corrected chi connectivity index (χ0v) is 13.0. The van der Waals surface area contributed by atoms with E-state index in [1.807, 2.05) is 37.0 Å². The van der Waals surface area contributed by atoms with Gasteiger partial charge in [-0.1, -0.05) is 24.3 Å². The molecule has 0 aliphatic rings. The second kappa shape index (κ2) is 5.64. The SMILES string of the molecule is CC(=O)NC(C)c1ccc(-c2ccnc3c2ccn3C)cc1. The summed E-state index contributed by atoms with van der Waals surface area (Å²) in [7, 11) is 2.00. The minimum atomic E-state index is -0.0169. The predicted molar refractivity (Wildman–Crippen MR) is 88.4 cm³/mol. The van der Waals surface area contributed by atoms with Gasteiger partial charge in [-0.25, -0.2) is 4.98 Å². The highest BCUT2D eigenvalue weighted by atomic mass is 16.1. The van der Waals surface area contributed by atoms with Crippen molar-refractivity contribution in [3.63, 3.8) is 0 Å². The van der Waals surface area contributed by atoms with E-state index in [-0.39, 0.29) is 11.9 Å². The van der Waals surface area contributed by atoms with E-state index in [1.165, 1.54) is 12.5 Å². The molecule has 0 radical (unpaired) electrons. The smallest absolute Gasteiger partial charge is 0.217 e. The molecule has 0 bridgehead atoms. The maximum atomic E-state index is 11.1. The molecule has 3 rings (SSSR count). The quantitative estimate of drug-likeness (QED) is 0.804. The van der Waals surface area contributed by atoms with Crippen molar-refractivity contribution >= 4 is 16.9 Å². The predicted octanol–water partition coefficient (Wildman–Crippen LogP) is 3.44. The number of carbonyl (C=O) groups excluding carboxylic acids is 1. The van der Waals surface area contributed by atoms with E-state index in [0.29, 0.717) is 0 Å². The Kier molecular flexibility index (Phi) is 3.67. The van der Waals surface area contributed by atoms with Crippen LogP contribution >= 0.6 is 0 Å². The van der Waals surface area contributed by atoms with Gasteiger partial charge in [0.05, 0.1) is 6.04 Å². The highest BCUT2D eigenvalue weighted by molar-refractivity contribution is 5.93. The Morgan fingerprint density at radius 1 is 1.18 bits per heavy atom. The molecule has 112 valence electrons. The monoisotopic (exact) mass is 293 g/mol. The van der Waals surface area contributed by atoms with E-state index in [0.717, 1.165) is 22.2 Å². The molecule has 0 aliphatic carbocycles. The van der Waals surface area contributed by atoms with Crippen LogP contribution in [0.15, 0.2) is 48.8 Å². The number of hydrogen-bond donors (Lipinski definition) is 1. The van der Waals surface area contributed by atoms with Gasteiger partial charge in [0, 0.05) is 31.8 Å². The largest absolute Gasteiger partial charge is 0.350 e. The van der Waals surface area contributed by atoms with Crippen LogP contribution in [0.5, 0.6) is 0 Å². The summed E-state index contributed by atoms with van der Waals surface area (Å²) in [5, 5.41) is 4.04. The van der Waals surface area contributed by atoms with Crippen LogP contribution in [-0.4, -0.2) is 15.5 Å². The number of hydrogen-bond acceptors (Lipinski definition) is 2. The van der Waals surface area contributed by atoms with E-state index >= 15 is 0 Å². The Bertz CT molecular complexity index is 818. The minimum Gasteiger partial charge on any atom is -0.350 e. The van der Waals surface area contributed by atoms with Crippen LogP contribution in [0.1, 0.15) is 25.5 Å². The maximum Gasteiger partial charge on any atom is 0.217 e. The molecule has 2 heterocycles. The number of nitrogens with one attached hydrogen (secondary N) is 1. The first kappa shape index (κ1) is 14.3. The lowest BCUT2D eigenvalue weighted by atomic mass is 10.0. The summed E-state index contributed by atoms with van der Waals surface area (Å²) in [4.78, 5) is 15.6. The Balaban J connectivity index is 1.96. The zero-order chi connectivity index (χ0) is 15.7. The number of carbonyl (C=O) groups is 1. The summed E-state index contributed by atoms with van der Waals surface area (Å²) in [6.07, 6.45) is 3.86. The van der Waals surface area contributed by atoms with E-state index in [9.17, 15) is 4.79 Å². The molecule has 0 saturated heterocycles. The van der Waals surface area contributed by atoms with E-state index in [1.54, 1.807) is 0 Å². The minimum absolute atomic E-state index is 0.0146. The molecule has 0 fully saturated rings. The van der Waals surface area contributed by atoms with Crippen molar-refractivity contribution in [2.45, 2.75) is 19.9 Å². The van der Waals surface area contributed by atoms with Crippen molar-refractivity contribution in [2.75, 3.05) is 0 Å². The van der Waals surface area contributed by atoms with Gasteiger partial charge in [0.2, 0.25) is 5.91 Å². The van der Waals surface area contributed by atoms with E-state index in [2.05, 4.69) is 40.6 Å². The van der Waals surface area contributed by atoms with Crippen molar-refractivity contribution in [1.82, 2.24) is 14.9 Å². The lowest BCUT2D eigenvalue weighted by Crippen LogP contribution is -2.23. The molecule has 1 aromatic carbocycles. The standard InChI is InChI=1S/C18H19N3O/c1-12(20-13(2)22)14-4-6-15(7-5-14)16-8-10-19-18-17(16)9-11-21(18)3/h4-12H,1-3H3,(H,20,22). The van der Waals surface area contributed by atoms with Crippen molar-refractivity contribution in [3.8, 4) is 11.1 Å². The molecule has 4 heteroatoms. The first-order chi connectivity index (χ1) is 10.6. The average molecular weight is 293 g/mol. The third kappa shape index (κ3) is 2.60. The second-order valence-corrected chi connectivity index (χ2v) is 5.57. The van der Waals surface area contributed by atoms with Gasteiger partial charge < -0.3 is 9.88 Å². The Morgan fingerprint density at radius 2 is 1.91 bits per heavy atom. The van der Waals surface area contributed by atoms with Gasteiger partial charge in [0.1, 0.15) is 5.65 Å². The summed E-state index contributed by atoms with van der Waals surface area (Å²) < 4.78 is 2.02. The van der Waals surface area contributed by atoms with Crippen LogP contribution in [0.25, 0.3) is 22.2 Å². The lowest BCUT2D eigenvalue weighted by Gasteiger charge is -2.13. The number of nitrogens with zero attached hydrogens (tertiary/aromatic N) is 2. The third-order valence-electron chi connectivity index (χ3n) is 3.91. The summed E-state index contributed by atoms with van der Waals surface area (Å²) >= 11 is 0. The molecule has 1 atom stereocenters. The van der Waals surface area contributed by atoms with Crippen LogP contribution in [-0.2, 0) is 11.8 Å². The van der Waals surface area contributed by atoms with Gasteiger partial charge in [-0.3, -0.25) is 4.79 Å². The van der Waals surface area contributed by atoms with Gasteiger partial charge in [-0.15, -0.1) is 0 Å². The van der Waals surface area contributed by atoms with Crippen LogP contribution in [0, 0.1) is 0 Å². The van der Waals surface area contributed by atoms with Crippen LogP contribution < -0.4 is 5.32 Å².